The molecule has 4 atom stereocenters. The van der Waals surface area contributed by atoms with E-state index in [1.807, 2.05) is 6.07 Å². The van der Waals surface area contributed by atoms with Gasteiger partial charge in [0.15, 0.2) is 17.5 Å². The van der Waals surface area contributed by atoms with Gasteiger partial charge in [0.25, 0.3) is 0 Å². The fraction of sp³-hybridized carbons (Fsp3) is 0.167. The highest BCUT2D eigenvalue weighted by atomic mass is 15.0. The van der Waals surface area contributed by atoms with E-state index >= 15 is 0 Å². The Labute approximate surface area is 336 Å². The SMILES string of the molecule is c1ccc(-c2nc(-c3ccc(-c4cccc5c6ccccc6n(-c6ccccc6)c45)cc3)nc(-c3cccc4c3-c3ccccc3C43C4CC5CC6CC3C564)n2)cc1. The maximum atomic E-state index is 5.36. The lowest BCUT2D eigenvalue weighted by atomic mass is 9.11. The predicted molar refractivity (Wildman–Crippen MR) is 232 cm³/mol. The van der Waals surface area contributed by atoms with Gasteiger partial charge in [-0.3, -0.25) is 0 Å². The highest BCUT2D eigenvalue weighted by Gasteiger charge is 2.90. The minimum Gasteiger partial charge on any atom is -0.309 e. The van der Waals surface area contributed by atoms with E-state index < -0.39 is 0 Å². The summed E-state index contributed by atoms with van der Waals surface area (Å²) < 4.78 is 2.40. The molecule has 58 heavy (non-hydrogen) atoms. The van der Waals surface area contributed by atoms with E-state index in [1.54, 1.807) is 5.56 Å². The third-order valence-electron chi connectivity index (χ3n) is 15.6. The van der Waals surface area contributed by atoms with Crippen LogP contribution in [-0.2, 0) is 5.41 Å². The van der Waals surface area contributed by atoms with Crippen LogP contribution in [0.1, 0.15) is 30.4 Å². The molecule has 4 fully saturated rings. The van der Waals surface area contributed by atoms with Crippen molar-refractivity contribution >= 4 is 21.8 Å². The number of hydrogen-bond acceptors (Lipinski definition) is 3. The van der Waals surface area contributed by atoms with Crippen LogP contribution in [0.25, 0.3) is 83.9 Å². The monoisotopic (exact) mass is 742 g/mol. The summed E-state index contributed by atoms with van der Waals surface area (Å²) in [5, 5.41) is 2.49. The van der Waals surface area contributed by atoms with Gasteiger partial charge in [0.1, 0.15) is 0 Å². The summed E-state index contributed by atoms with van der Waals surface area (Å²) in [6.07, 6.45) is 4.25. The molecule has 274 valence electrons. The Bertz CT molecular complexity index is 3160. The van der Waals surface area contributed by atoms with Gasteiger partial charge >= 0.3 is 0 Å². The third kappa shape index (κ3) is 3.67. The van der Waals surface area contributed by atoms with Crippen molar-refractivity contribution in [2.75, 3.05) is 0 Å². The molecule has 0 saturated heterocycles. The van der Waals surface area contributed by atoms with E-state index in [2.05, 4.69) is 168 Å². The molecule has 0 radical (unpaired) electrons. The molecule has 5 aliphatic carbocycles. The zero-order chi connectivity index (χ0) is 37.7. The first-order valence-electron chi connectivity index (χ1n) is 21.0. The van der Waals surface area contributed by atoms with Crippen molar-refractivity contribution in [1.29, 1.82) is 0 Å². The van der Waals surface area contributed by atoms with Crippen molar-refractivity contribution in [2.24, 2.45) is 29.1 Å². The van der Waals surface area contributed by atoms with Gasteiger partial charge in [0.2, 0.25) is 0 Å². The second-order valence-corrected chi connectivity index (χ2v) is 17.5. The van der Waals surface area contributed by atoms with E-state index in [9.17, 15) is 0 Å². The average Bonchev–Trinajstić information content (AvgIpc) is 3.77. The first-order chi connectivity index (χ1) is 28.7. The van der Waals surface area contributed by atoms with E-state index in [1.165, 1.54) is 63.3 Å². The molecule has 2 aromatic heterocycles. The van der Waals surface area contributed by atoms with Crippen LogP contribution < -0.4 is 0 Å². The Balaban J connectivity index is 0.925. The summed E-state index contributed by atoms with van der Waals surface area (Å²) in [7, 11) is 0. The van der Waals surface area contributed by atoms with Crippen molar-refractivity contribution < 1.29 is 0 Å². The molecule has 4 saturated carbocycles. The van der Waals surface area contributed by atoms with Crippen molar-refractivity contribution in [1.82, 2.24) is 19.5 Å². The van der Waals surface area contributed by atoms with Gasteiger partial charge in [-0.2, -0.15) is 0 Å². The van der Waals surface area contributed by atoms with E-state index in [-0.39, 0.29) is 5.41 Å². The van der Waals surface area contributed by atoms with Gasteiger partial charge in [0, 0.05) is 44.1 Å². The van der Waals surface area contributed by atoms with Crippen molar-refractivity contribution in [3.8, 4) is 62.1 Å². The molecule has 4 nitrogen and oxygen atoms in total. The topological polar surface area (TPSA) is 43.6 Å². The molecular formula is C54H38N4. The zero-order valence-electron chi connectivity index (χ0n) is 31.9. The van der Waals surface area contributed by atoms with E-state index in [4.69, 9.17) is 15.0 Å². The smallest absolute Gasteiger partial charge is 0.164 e. The molecule has 2 spiro atoms. The Morgan fingerprint density at radius 1 is 0.431 bits per heavy atom. The first kappa shape index (κ1) is 31.4. The van der Waals surface area contributed by atoms with Crippen LogP contribution in [0.4, 0.5) is 0 Å². The van der Waals surface area contributed by atoms with Gasteiger partial charge in [0.05, 0.1) is 11.0 Å². The molecule has 0 N–H and O–H groups in total. The van der Waals surface area contributed by atoms with E-state index in [0.717, 1.165) is 57.4 Å². The molecule has 0 aliphatic heterocycles. The standard InChI is InChI=1S/C54H38N4/c1-3-13-33(14-4-1)50-55-51(34-27-25-32(26-28-34)38-19-11-20-40-39-17-8-10-24-45(39)58(49(38)40)37-15-5-2-6-16-37)57-52(56-50)42-21-12-23-44-48(42)41-18-7-9-22-43(41)54(44)46-30-35-29-36-31-47(54)53(35,36)46/h1-28,35-36,46-47H,29-31H2. The fourth-order valence-electron chi connectivity index (χ4n) is 13.4. The number of nitrogens with zero attached hydrogens (tertiary/aromatic N) is 4. The molecule has 4 heteroatoms. The lowest BCUT2D eigenvalue weighted by Crippen LogP contribution is -2.88. The van der Waals surface area contributed by atoms with Crippen LogP contribution in [0.3, 0.4) is 0 Å². The third-order valence-corrected chi connectivity index (χ3v) is 15.6. The molecule has 14 rings (SSSR count). The average molecular weight is 743 g/mol. The van der Waals surface area contributed by atoms with Crippen molar-refractivity contribution in [3.63, 3.8) is 0 Å². The molecule has 5 aliphatic rings. The minimum absolute atomic E-state index is 0.137. The summed E-state index contributed by atoms with van der Waals surface area (Å²) in [4.78, 5) is 15.8. The molecule has 2 heterocycles. The maximum absolute atomic E-state index is 5.36. The van der Waals surface area contributed by atoms with Crippen LogP contribution in [0, 0.1) is 29.1 Å². The quantitative estimate of drug-likeness (QED) is 0.176. The van der Waals surface area contributed by atoms with Gasteiger partial charge in [-0.1, -0.05) is 152 Å². The number of rotatable bonds is 5. The Hall–Kier alpha value is -6.65. The molecular weight excluding hydrogens is 705 g/mol. The fourth-order valence-corrected chi connectivity index (χ4v) is 13.4. The maximum Gasteiger partial charge on any atom is 0.164 e. The van der Waals surface area contributed by atoms with Gasteiger partial charge in [-0.15, -0.1) is 0 Å². The highest BCUT2D eigenvalue weighted by molar-refractivity contribution is 6.13. The second kappa shape index (κ2) is 11.0. The largest absolute Gasteiger partial charge is 0.309 e. The van der Waals surface area contributed by atoms with Crippen molar-refractivity contribution in [2.45, 2.75) is 24.7 Å². The van der Waals surface area contributed by atoms with Crippen LogP contribution in [0.15, 0.2) is 170 Å². The number of fused-ring (bicyclic) bond motifs is 10. The second-order valence-electron chi connectivity index (χ2n) is 17.5. The van der Waals surface area contributed by atoms with Crippen molar-refractivity contribution in [3.05, 3.63) is 181 Å². The summed E-state index contributed by atoms with van der Waals surface area (Å²) in [6, 6.07) is 61.6. The molecule has 7 aromatic carbocycles. The minimum atomic E-state index is 0.137. The highest BCUT2D eigenvalue weighted by Crippen LogP contribution is 2.95. The number of hydrogen-bond donors (Lipinski definition) is 0. The van der Waals surface area contributed by atoms with Crippen LogP contribution >= 0.6 is 0 Å². The Morgan fingerprint density at radius 3 is 1.78 bits per heavy atom. The summed E-state index contributed by atoms with van der Waals surface area (Å²) >= 11 is 0. The molecule has 0 bridgehead atoms. The Kier molecular flexibility index (Phi) is 5.99. The number of para-hydroxylation sites is 3. The first-order valence-corrected chi connectivity index (χ1v) is 21.0. The Morgan fingerprint density at radius 2 is 1.00 bits per heavy atom. The zero-order valence-corrected chi connectivity index (χ0v) is 31.9. The summed E-state index contributed by atoms with van der Waals surface area (Å²) in [5.41, 5.74) is 15.5. The number of aromatic nitrogens is 4. The summed E-state index contributed by atoms with van der Waals surface area (Å²) in [5.74, 6) is 5.61. The molecule has 0 amide bonds. The van der Waals surface area contributed by atoms with Gasteiger partial charge < -0.3 is 4.57 Å². The van der Waals surface area contributed by atoms with Crippen LogP contribution in [0.2, 0.25) is 0 Å². The normalized spacial score (nSPS) is 25.2. The summed E-state index contributed by atoms with van der Waals surface area (Å²) in [6.45, 7) is 0. The predicted octanol–water partition coefficient (Wildman–Crippen LogP) is 12.6. The van der Waals surface area contributed by atoms with Gasteiger partial charge in [-0.25, -0.2) is 15.0 Å². The van der Waals surface area contributed by atoms with Gasteiger partial charge in [-0.05, 0) is 94.4 Å². The lowest BCUT2D eigenvalue weighted by molar-refractivity contribution is -0.412. The van der Waals surface area contributed by atoms with Crippen LogP contribution in [-0.4, -0.2) is 19.5 Å². The number of benzene rings is 7. The van der Waals surface area contributed by atoms with E-state index in [0.29, 0.717) is 17.1 Å². The lowest BCUT2D eigenvalue weighted by Gasteiger charge is -2.92. The molecule has 9 aromatic rings. The van der Waals surface area contributed by atoms with Crippen LogP contribution in [0.5, 0.6) is 0 Å². The molecule has 4 unspecified atom stereocenters.